The molecule has 0 saturated carbocycles. The minimum absolute atomic E-state index is 0.218. The first-order valence-corrected chi connectivity index (χ1v) is 3.03. The van der Waals surface area contributed by atoms with Gasteiger partial charge in [-0.25, -0.2) is 0 Å². The van der Waals surface area contributed by atoms with Gasteiger partial charge in [0, 0.05) is 6.04 Å². The molecule has 0 spiro atoms. The van der Waals surface area contributed by atoms with Crippen LogP contribution in [0.1, 0.15) is 20.8 Å². The molecule has 1 N–H and O–H groups in total. The van der Waals surface area contributed by atoms with Gasteiger partial charge in [-0.3, -0.25) is 4.79 Å². The van der Waals surface area contributed by atoms with Crippen molar-refractivity contribution in [3.8, 4) is 0 Å². The third-order valence-corrected chi connectivity index (χ3v) is 1.30. The largest absolute Gasteiger partial charge is 0.373 e. The maximum Gasteiger partial charge on any atom is 0.312 e. The van der Waals surface area contributed by atoms with Gasteiger partial charge in [0.2, 0.25) is 0 Å². The Labute approximate surface area is 55.3 Å². The summed E-state index contributed by atoms with van der Waals surface area (Å²) in [5.41, 5.74) is 2.56. The second kappa shape index (κ2) is 4.32. The Balaban J connectivity index is 3.26. The summed E-state index contributed by atoms with van der Waals surface area (Å²) in [4.78, 5) is 14.0. The zero-order valence-corrected chi connectivity index (χ0v) is 6.05. The van der Waals surface area contributed by atoms with Crippen LogP contribution in [-0.4, -0.2) is 12.5 Å². The Morgan fingerprint density at radius 3 is 2.33 bits per heavy atom. The first-order chi connectivity index (χ1) is 4.18. The van der Waals surface area contributed by atoms with Crippen LogP contribution in [-0.2, 0) is 9.63 Å². The summed E-state index contributed by atoms with van der Waals surface area (Å²) in [7, 11) is 0. The van der Waals surface area contributed by atoms with Gasteiger partial charge >= 0.3 is 6.47 Å². The smallest absolute Gasteiger partial charge is 0.312 e. The number of hydrogen-bond acceptors (Lipinski definition) is 3. The fourth-order valence-electron chi connectivity index (χ4n) is 0.271. The standard InChI is InChI=1S/C6H13NO2/c1-5(2)6(3)7-9-4-8/h4-7H,1-3H3. The Morgan fingerprint density at radius 1 is 1.44 bits per heavy atom. The molecule has 0 aliphatic carbocycles. The average Bonchev–Trinajstić information content (AvgIpc) is 1.82. The van der Waals surface area contributed by atoms with Crippen LogP contribution in [0.5, 0.6) is 0 Å². The van der Waals surface area contributed by atoms with Gasteiger partial charge in [-0.05, 0) is 12.8 Å². The summed E-state index contributed by atoms with van der Waals surface area (Å²) in [6.07, 6.45) is 0. The predicted octanol–water partition coefficient (Wildman–Crippen LogP) is 0.708. The van der Waals surface area contributed by atoms with Gasteiger partial charge in [0.25, 0.3) is 0 Å². The number of carbonyl (C=O) groups excluding carboxylic acids is 1. The molecule has 1 atom stereocenters. The minimum Gasteiger partial charge on any atom is -0.373 e. The molecular formula is C6H13NO2. The third-order valence-electron chi connectivity index (χ3n) is 1.30. The van der Waals surface area contributed by atoms with E-state index in [4.69, 9.17) is 0 Å². The number of nitrogens with one attached hydrogen (secondary N) is 1. The maximum atomic E-state index is 9.65. The predicted molar refractivity (Wildman–Crippen MR) is 34.6 cm³/mol. The van der Waals surface area contributed by atoms with Gasteiger partial charge in [-0.1, -0.05) is 13.8 Å². The monoisotopic (exact) mass is 131 g/mol. The van der Waals surface area contributed by atoms with Crippen molar-refractivity contribution in [1.29, 1.82) is 0 Å². The van der Waals surface area contributed by atoms with Crippen molar-refractivity contribution in [3.05, 3.63) is 0 Å². The normalized spacial score (nSPS) is 13.3. The number of hydroxylamine groups is 1. The van der Waals surface area contributed by atoms with E-state index in [0.29, 0.717) is 12.4 Å². The molecule has 0 aliphatic rings. The summed E-state index contributed by atoms with van der Waals surface area (Å²) >= 11 is 0. The zero-order valence-electron chi connectivity index (χ0n) is 6.05. The molecule has 0 radical (unpaired) electrons. The molecule has 0 aliphatic heterocycles. The van der Waals surface area contributed by atoms with Crippen molar-refractivity contribution in [1.82, 2.24) is 5.48 Å². The molecule has 0 saturated heterocycles. The highest BCUT2D eigenvalue weighted by molar-refractivity contribution is 5.36. The van der Waals surface area contributed by atoms with Crippen molar-refractivity contribution in [2.75, 3.05) is 0 Å². The molecule has 0 heterocycles. The van der Waals surface area contributed by atoms with Gasteiger partial charge in [0.05, 0.1) is 0 Å². The molecule has 0 bridgehead atoms. The van der Waals surface area contributed by atoms with E-state index in [1.807, 2.05) is 20.8 Å². The van der Waals surface area contributed by atoms with Gasteiger partial charge in [-0.2, -0.15) is 5.48 Å². The molecule has 1 unspecified atom stereocenters. The third kappa shape index (κ3) is 3.97. The summed E-state index contributed by atoms with van der Waals surface area (Å²) in [6.45, 7) is 6.44. The fourth-order valence-corrected chi connectivity index (χ4v) is 0.271. The number of carbonyl (C=O) groups is 1. The summed E-state index contributed by atoms with van der Waals surface area (Å²) < 4.78 is 0. The van der Waals surface area contributed by atoms with E-state index in [0.717, 1.165) is 0 Å². The number of hydrogen-bond donors (Lipinski definition) is 1. The van der Waals surface area contributed by atoms with Crippen LogP contribution in [0.2, 0.25) is 0 Å². The molecule has 0 amide bonds. The molecule has 0 aromatic heterocycles. The SMILES string of the molecule is CC(C)C(C)NOC=O. The van der Waals surface area contributed by atoms with Gasteiger partial charge in [-0.15, -0.1) is 0 Å². The highest BCUT2D eigenvalue weighted by atomic mass is 16.7. The van der Waals surface area contributed by atoms with Crippen LogP contribution in [0.4, 0.5) is 0 Å². The van der Waals surface area contributed by atoms with E-state index >= 15 is 0 Å². The molecule has 0 aromatic carbocycles. The topological polar surface area (TPSA) is 38.3 Å². The molecule has 0 aromatic rings. The molecular weight excluding hydrogens is 118 g/mol. The van der Waals surface area contributed by atoms with Crippen LogP contribution in [0.15, 0.2) is 0 Å². The highest BCUT2D eigenvalue weighted by Crippen LogP contribution is 1.98. The second-order valence-electron chi connectivity index (χ2n) is 2.36. The van der Waals surface area contributed by atoms with Gasteiger partial charge < -0.3 is 4.84 Å². The lowest BCUT2D eigenvalue weighted by Gasteiger charge is -2.13. The van der Waals surface area contributed by atoms with Gasteiger partial charge in [0.15, 0.2) is 0 Å². The quantitative estimate of drug-likeness (QED) is 0.451. The van der Waals surface area contributed by atoms with E-state index in [2.05, 4.69) is 10.3 Å². The Bertz CT molecular complexity index is 83.1. The van der Waals surface area contributed by atoms with E-state index in [1.54, 1.807) is 0 Å². The van der Waals surface area contributed by atoms with Crippen LogP contribution in [0, 0.1) is 5.92 Å². The zero-order chi connectivity index (χ0) is 7.28. The van der Waals surface area contributed by atoms with Crippen molar-refractivity contribution in [2.45, 2.75) is 26.8 Å². The maximum absolute atomic E-state index is 9.65. The lowest BCUT2D eigenvalue weighted by molar-refractivity contribution is -0.137. The Morgan fingerprint density at radius 2 is 2.00 bits per heavy atom. The van der Waals surface area contributed by atoms with Crippen molar-refractivity contribution in [3.63, 3.8) is 0 Å². The van der Waals surface area contributed by atoms with E-state index in [-0.39, 0.29) is 6.04 Å². The first-order valence-electron chi connectivity index (χ1n) is 3.03. The molecule has 3 heteroatoms. The Kier molecular flexibility index (Phi) is 4.05. The molecule has 0 fully saturated rings. The molecule has 54 valence electrons. The summed E-state index contributed by atoms with van der Waals surface area (Å²) in [6, 6.07) is 0.218. The van der Waals surface area contributed by atoms with E-state index < -0.39 is 0 Å². The molecule has 3 nitrogen and oxygen atoms in total. The van der Waals surface area contributed by atoms with Crippen LogP contribution < -0.4 is 5.48 Å². The van der Waals surface area contributed by atoms with Crippen LogP contribution in [0.25, 0.3) is 0 Å². The first kappa shape index (κ1) is 8.43. The molecule has 9 heavy (non-hydrogen) atoms. The summed E-state index contributed by atoms with van der Waals surface area (Å²) in [5.74, 6) is 0.477. The minimum atomic E-state index is 0.218. The van der Waals surface area contributed by atoms with E-state index in [1.165, 1.54) is 0 Å². The van der Waals surface area contributed by atoms with Gasteiger partial charge in [0.1, 0.15) is 0 Å². The lowest BCUT2D eigenvalue weighted by atomic mass is 10.1. The summed E-state index contributed by atoms with van der Waals surface area (Å²) in [5, 5.41) is 0. The fraction of sp³-hybridized carbons (Fsp3) is 0.833. The lowest BCUT2D eigenvalue weighted by Crippen LogP contribution is -2.30. The van der Waals surface area contributed by atoms with Crippen LogP contribution >= 0.6 is 0 Å². The van der Waals surface area contributed by atoms with Crippen molar-refractivity contribution < 1.29 is 9.63 Å². The number of rotatable bonds is 4. The van der Waals surface area contributed by atoms with Crippen LogP contribution in [0.3, 0.4) is 0 Å². The van der Waals surface area contributed by atoms with E-state index in [9.17, 15) is 4.79 Å². The average molecular weight is 131 g/mol. The highest BCUT2D eigenvalue weighted by Gasteiger charge is 2.04. The second-order valence-corrected chi connectivity index (χ2v) is 2.36. The van der Waals surface area contributed by atoms with Crippen molar-refractivity contribution in [2.24, 2.45) is 5.92 Å². The van der Waals surface area contributed by atoms with Crippen molar-refractivity contribution >= 4 is 6.47 Å². The Hall–Kier alpha value is -0.570. The molecule has 0 rings (SSSR count).